The molecule has 0 saturated carbocycles. The van der Waals surface area contributed by atoms with Gasteiger partial charge in [-0.15, -0.1) is 11.3 Å². The molecule has 7 heteroatoms. The number of nitro groups is 1. The molecular formula is C12H17N3O3S. The molecule has 1 aliphatic heterocycles. The minimum Gasteiger partial charge on any atom is -0.338 e. The van der Waals surface area contributed by atoms with E-state index in [4.69, 9.17) is 5.73 Å². The van der Waals surface area contributed by atoms with E-state index in [-0.39, 0.29) is 11.6 Å². The van der Waals surface area contributed by atoms with Gasteiger partial charge in [0.05, 0.1) is 14.7 Å². The molecule has 0 bridgehead atoms. The average molecular weight is 283 g/mol. The van der Waals surface area contributed by atoms with Gasteiger partial charge in [-0.25, -0.2) is 0 Å². The third-order valence-corrected chi connectivity index (χ3v) is 4.56. The van der Waals surface area contributed by atoms with Crippen LogP contribution in [-0.4, -0.2) is 35.4 Å². The van der Waals surface area contributed by atoms with E-state index >= 15 is 0 Å². The molecule has 1 amide bonds. The highest BCUT2D eigenvalue weighted by Crippen LogP contribution is 2.29. The van der Waals surface area contributed by atoms with Gasteiger partial charge in [0.15, 0.2) is 0 Å². The van der Waals surface area contributed by atoms with Crippen LogP contribution < -0.4 is 5.73 Å². The van der Waals surface area contributed by atoms with Crippen molar-refractivity contribution < 1.29 is 9.72 Å². The van der Waals surface area contributed by atoms with Crippen LogP contribution in [-0.2, 0) is 0 Å². The maximum Gasteiger partial charge on any atom is 0.283 e. The van der Waals surface area contributed by atoms with Crippen molar-refractivity contribution in [2.45, 2.75) is 19.8 Å². The Morgan fingerprint density at radius 1 is 1.58 bits per heavy atom. The zero-order valence-electron chi connectivity index (χ0n) is 10.8. The zero-order valence-corrected chi connectivity index (χ0v) is 11.6. The van der Waals surface area contributed by atoms with E-state index < -0.39 is 4.92 Å². The van der Waals surface area contributed by atoms with E-state index in [2.05, 4.69) is 0 Å². The fraction of sp³-hybridized carbons (Fsp3) is 0.583. The van der Waals surface area contributed by atoms with E-state index in [1.54, 1.807) is 11.8 Å². The predicted octanol–water partition coefficient (Wildman–Crippen LogP) is 1.78. The summed E-state index contributed by atoms with van der Waals surface area (Å²) < 4.78 is 0. The van der Waals surface area contributed by atoms with Crippen molar-refractivity contribution >= 4 is 22.9 Å². The Morgan fingerprint density at radius 3 is 2.68 bits per heavy atom. The highest BCUT2D eigenvalue weighted by atomic mass is 32.1. The molecule has 0 aliphatic carbocycles. The molecule has 1 aromatic heterocycles. The Balaban J connectivity index is 2.08. The van der Waals surface area contributed by atoms with Crippen LogP contribution in [0.25, 0.3) is 0 Å². The summed E-state index contributed by atoms with van der Waals surface area (Å²) in [5.41, 5.74) is 5.65. The molecule has 0 aromatic carbocycles. The minimum atomic E-state index is -0.441. The van der Waals surface area contributed by atoms with Gasteiger partial charge in [0.2, 0.25) is 0 Å². The van der Waals surface area contributed by atoms with E-state index in [0.717, 1.165) is 12.8 Å². The summed E-state index contributed by atoms with van der Waals surface area (Å²) in [6, 6.07) is 1.39. The summed E-state index contributed by atoms with van der Waals surface area (Å²) in [4.78, 5) is 25.4. The first-order valence-electron chi connectivity index (χ1n) is 6.27. The first-order valence-corrected chi connectivity index (χ1v) is 7.08. The highest BCUT2D eigenvalue weighted by molar-refractivity contribution is 7.14. The van der Waals surface area contributed by atoms with Crippen LogP contribution in [0.15, 0.2) is 6.07 Å². The Morgan fingerprint density at radius 2 is 2.21 bits per heavy atom. The minimum absolute atomic E-state index is 0.0326. The molecule has 0 unspecified atom stereocenters. The lowest BCUT2D eigenvalue weighted by molar-refractivity contribution is -0.385. The Hall–Kier alpha value is -1.47. The molecule has 1 aliphatic rings. The molecule has 2 N–H and O–H groups in total. The Labute approximate surface area is 115 Å². The van der Waals surface area contributed by atoms with Gasteiger partial charge in [0.25, 0.3) is 11.6 Å². The number of hydrogen-bond acceptors (Lipinski definition) is 5. The quantitative estimate of drug-likeness (QED) is 0.676. The molecule has 2 heterocycles. The number of nitrogens with zero attached hydrogens (tertiary/aromatic N) is 2. The van der Waals surface area contributed by atoms with Gasteiger partial charge in [-0.05, 0) is 32.2 Å². The number of carbonyl (C=O) groups excluding carboxylic acids is 1. The SMILES string of the molecule is Cc1sc(C(=O)N2CCC(CN)CC2)cc1[N+](=O)[O-]. The maximum absolute atomic E-state index is 12.3. The molecule has 2 rings (SSSR count). The second kappa shape index (κ2) is 5.66. The first-order chi connectivity index (χ1) is 9.02. The number of likely N-dealkylation sites (tertiary alicyclic amines) is 1. The topological polar surface area (TPSA) is 89.5 Å². The Kier molecular flexibility index (Phi) is 4.16. The third kappa shape index (κ3) is 2.93. The van der Waals surface area contributed by atoms with Crippen molar-refractivity contribution in [3.63, 3.8) is 0 Å². The van der Waals surface area contributed by atoms with Crippen molar-refractivity contribution in [3.05, 3.63) is 25.9 Å². The maximum atomic E-state index is 12.3. The fourth-order valence-corrected chi connectivity index (χ4v) is 3.24. The van der Waals surface area contributed by atoms with Gasteiger partial charge in [0.1, 0.15) is 0 Å². The number of thiophene rings is 1. The lowest BCUT2D eigenvalue weighted by Crippen LogP contribution is -2.39. The molecule has 1 saturated heterocycles. The molecule has 104 valence electrons. The molecule has 1 fully saturated rings. The fourth-order valence-electron chi connectivity index (χ4n) is 2.29. The van der Waals surface area contributed by atoms with Crippen LogP contribution in [0.1, 0.15) is 27.4 Å². The van der Waals surface area contributed by atoms with E-state index in [1.807, 2.05) is 0 Å². The molecule has 0 atom stereocenters. The van der Waals surface area contributed by atoms with Gasteiger partial charge >= 0.3 is 0 Å². The second-order valence-corrected chi connectivity index (χ2v) is 6.04. The summed E-state index contributed by atoms with van der Waals surface area (Å²) in [5, 5.41) is 10.8. The predicted molar refractivity (Wildman–Crippen MR) is 73.4 cm³/mol. The smallest absolute Gasteiger partial charge is 0.283 e. The molecule has 19 heavy (non-hydrogen) atoms. The lowest BCUT2D eigenvalue weighted by atomic mass is 9.97. The standard InChI is InChI=1S/C12H17N3O3S/c1-8-10(15(17)18)6-11(19-8)12(16)14-4-2-9(7-13)3-5-14/h6,9H,2-5,7,13H2,1H3. The Bertz CT molecular complexity index is 492. The number of hydrogen-bond donors (Lipinski definition) is 1. The van der Waals surface area contributed by atoms with E-state index in [0.29, 0.717) is 35.3 Å². The van der Waals surface area contributed by atoms with Crippen molar-refractivity contribution in [1.29, 1.82) is 0 Å². The lowest BCUT2D eigenvalue weighted by Gasteiger charge is -2.31. The molecule has 0 radical (unpaired) electrons. The summed E-state index contributed by atoms with van der Waals surface area (Å²) in [6.07, 6.45) is 1.82. The molecule has 6 nitrogen and oxygen atoms in total. The average Bonchev–Trinajstić information content (AvgIpc) is 2.80. The summed E-state index contributed by atoms with van der Waals surface area (Å²) >= 11 is 1.19. The summed E-state index contributed by atoms with van der Waals surface area (Å²) in [6.45, 7) is 3.70. The van der Waals surface area contributed by atoms with Crippen LogP contribution in [0.2, 0.25) is 0 Å². The van der Waals surface area contributed by atoms with Gasteiger partial charge in [-0.1, -0.05) is 0 Å². The van der Waals surface area contributed by atoms with Crippen molar-refractivity contribution in [2.24, 2.45) is 11.7 Å². The van der Waals surface area contributed by atoms with Gasteiger partial charge in [0, 0.05) is 19.2 Å². The number of rotatable bonds is 3. The van der Waals surface area contributed by atoms with Gasteiger partial charge < -0.3 is 10.6 Å². The van der Waals surface area contributed by atoms with Crippen LogP contribution in [0.5, 0.6) is 0 Å². The number of piperidine rings is 1. The van der Waals surface area contributed by atoms with Crippen LogP contribution in [0.4, 0.5) is 5.69 Å². The van der Waals surface area contributed by atoms with E-state index in [9.17, 15) is 14.9 Å². The zero-order chi connectivity index (χ0) is 14.0. The number of aryl methyl sites for hydroxylation is 1. The normalized spacial score (nSPS) is 16.6. The third-order valence-electron chi connectivity index (χ3n) is 3.53. The molecule has 1 aromatic rings. The van der Waals surface area contributed by atoms with Crippen LogP contribution in [0.3, 0.4) is 0 Å². The largest absolute Gasteiger partial charge is 0.338 e. The second-order valence-electron chi connectivity index (χ2n) is 4.78. The van der Waals surface area contributed by atoms with Gasteiger partial charge in [-0.2, -0.15) is 0 Å². The van der Waals surface area contributed by atoms with Crippen molar-refractivity contribution in [2.75, 3.05) is 19.6 Å². The number of carbonyl (C=O) groups is 1. The monoisotopic (exact) mass is 283 g/mol. The van der Waals surface area contributed by atoms with Crippen LogP contribution in [0, 0.1) is 23.0 Å². The molecular weight excluding hydrogens is 266 g/mol. The van der Waals surface area contributed by atoms with Gasteiger partial charge in [-0.3, -0.25) is 14.9 Å². The highest BCUT2D eigenvalue weighted by Gasteiger charge is 2.26. The van der Waals surface area contributed by atoms with Crippen molar-refractivity contribution in [3.8, 4) is 0 Å². The summed E-state index contributed by atoms with van der Waals surface area (Å²) in [5.74, 6) is 0.389. The van der Waals surface area contributed by atoms with E-state index in [1.165, 1.54) is 17.4 Å². The van der Waals surface area contributed by atoms with Crippen molar-refractivity contribution in [1.82, 2.24) is 4.90 Å². The summed E-state index contributed by atoms with van der Waals surface area (Å²) in [7, 11) is 0. The number of nitrogens with two attached hydrogens (primary N) is 1. The van der Waals surface area contributed by atoms with Crippen LogP contribution >= 0.6 is 11.3 Å². The molecule has 0 spiro atoms. The first kappa shape index (κ1) is 14.0. The number of amides is 1.